The van der Waals surface area contributed by atoms with Crippen molar-refractivity contribution in [3.8, 4) is 0 Å². The molecule has 2 bridgehead atoms. The van der Waals surface area contributed by atoms with Gasteiger partial charge in [-0.15, -0.1) is 0 Å². The average Bonchev–Trinajstić information content (AvgIpc) is 3.05. The number of hydrogen-bond acceptors (Lipinski definition) is 2. The van der Waals surface area contributed by atoms with Crippen LogP contribution in [-0.4, -0.2) is 11.8 Å². The van der Waals surface area contributed by atoms with Crippen LogP contribution in [0.4, 0.5) is 5.69 Å². The highest BCUT2D eigenvalue weighted by atomic mass is 79.9. The van der Waals surface area contributed by atoms with E-state index in [1.807, 2.05) is 36.4 Å². The van der Waals surface area contributed by atoms with Gasteiger partial charge in [-0.1, -0.05) is 67.6 Å². The molecular formula is C26H20BrNO2. The van der Waals surface area contributed by atoms with Gasteiger partial charge in [0, 0.05) is 15.8 Å². The monoisotopic (exact) mass is 457 g/mol. The van der Waals surface area contributed by atoms with E-state index >= 15 is 0 Å². The minimum absolute atomic E-state index is 0.0762. The summed E-state index contributed by atoms with van der Waals surface area (Å²) >= 11 is 3.55. The SMILES string of the molecule is CCC12c3ccccc3C(c3ccccc31)[C@@H]1C(=O)N(c3ccccc3Br)C(=O)[C@H]12. The molecule has 0 unspecified atom stereocenters. The normalized spacial score (nSPS) is 28.3. The third-order valence-electron chi connectivity index (χ3n) is 7.45. The van der Waals surface area contributed by atoms with Crippen LogP contribution < -0.4 is 4.90 Å². The molecule has 2 amide bonds. The van der Waals surface area contributed by atoms with Crippen LogP contribution in [0.25, 0.3) is 0 Å². The Kier molecular flexibility index (Phi) is 3.70. The quantitative estimate of drug-likeness (QED) is 0.482. The largest absolute Gasteiger partial charge is 0.274 e. The van der Waals surface area contributed by atoms with E-state index in [4.69, 9.17) is 0 Å². The lowest BCUT2D eigenvalue weighted by atomic mass is 9.46. The molecule has 3 aromatic carbocycles. The minimum Gasteiger partial charge on any atom is -0.274 e. The molecule has 0 spiro atoms. The number of nitrogens with zero attached hydrogens (tertiary/aromatic N) is 1. The predicted octanol–water partition coefficient (Wildman–Crippen LogP) is 5.41. The van der Waals surface area contributed by atoms with Gasteiger partial charge in [-0.2, -0.15) is 0 Å². The summed E-state index contributed by atoms with van der Waals surface area (Å²) in [6.45, 7) is 2.15. The molecule has 30 heavy (non-hydrogen) atoms. The third kappa shape index (κ3) is 1.96. The van der Waals surface area contributed by atoms with Crippen LogP contribution in [0.5, 0.6) is 0 Å². The topological polar surface area (TPSA) is 37.4 Å². The van der Waals surface area contributed by atoms with Crippen molar-refractivity contribution in [1.82, 2.24) is 0 Å². The van der Waals surface area contributed by atoms with Crippen molar-refractivity contribution in [2.45, 2.75) is 24.7 Å². The highest BCUT2D eigenvalue weighted by molar-refractivity contribution is 9.10. The van der Waals surface area contributed by atoms with E-state index in [2.05, 4.69) is 59.3 Å². The smallest absolute Gasteiger partial charge is 0.239 e. The zero-order valence-corrected chi connectivity index (χ0v) is 18.1. The Morgan fingerprint density at radius 2 is 1.40 bits per heavy atom. The van der Waals surface area contributed by atoms with Gasteiger partial charge in [0.1, 0.15) is 0 Å². The van der Waals surface area contributed by atoms with Crippen molar-refractivity contribution in [3.63, 3.8) is 0 Å². The maximum atomic E-state index is 14.0. The van der Waals surface area contributed by atoms with Crippen molar-refractivity contribution in [1.29, 1.82) is 0 Å². The average molecular weight is 458 g/mol. The summed E-state index contributed by atoms with van der Waals surface area (Å²) in [6, 6.07) is 24.3. The van der Waals surface area contributed by atoms with Gasteiger partial charge in [-0.3, -0.25) is 9.59 Å². The maximum absolute atomic E-state index is 14.0. The summed E-state index contributed by atoms with van der Waals surface area (Å²) in [5.74, 6) is -0.984. The lowest BCUT2D eigenvalue weighted by Crippen LogP contribution is -2.53. The van der Waals surface area contributed by atoms with Crippen LogP contribution in [-0.2, 0) is 15.0 Å². The first-order valence-corrected chi connectivity index (χ1v) is 11.2. The number of amides is 2. The van der Waals surface area contributed by atoms with Gasteiger partial charge in [0.05, 0.1) is 17.5 Å². The Balaban J connectivity index is 1.66. The van der Waals surface area contributed by atoms with Gasteiger partial charge < -0.3 is 0 Å². The van der Waals surface area contributed by atoms with Gasteiger partial charge in [0.25, 0.3) is 0 Å². The van der Waals surface area contributed by atoms with Crippen LogP contribution >= 0.6 is 15.9 Å². The lowest BCUT2D eigenvalue weighted by molar-refractivity contribution is -0.123. The summed E-state index contributed by atoms with van der Waals surface area (Å²) < 4.78 is 0.762. The number of imide groups is 1. The Morgan fingerprint density at radius 1 is 0.833 bits per heavy atom. The van der Waals surface area contributed by atoms with Crippen molar-refractivity contribution < 1.29 is 9.59 Å². The van der Waals surface area contributed by atoms with Crippen LogP contribution in [0.2, 0.25) is 0 Å². The molecule has 0 saturated carbocycles. The minimum atomic E-state index is -0.477. The van der Waals surface area contributed by atoms with E-state index in [-0.39, 0.29) is 29.6 Å². The van der Waals surface area contributed by atoms with Crippen molar-refractivity contribution in [2.24, 2.45) is 11.8 Å². The number of anilines is 1. The molecule has 3 aromatic rings. The second-order valence-corrected chi connectivity index (χ2v) is 9.30. The van der Waals surface area contributed by atoms with E-state index < -0.39 is 5.41 Å². The molecule has 0 aromatic heterocycles. The molecule has 1 fully saturated rings. The van der Waals surface area contributed by atoms with Crippen LogP contribution in [0.3, 0.4) is 0 Å². The Bertz CT molecular complexity index is 1190. The van der Waals surface area contributed by atoms with Crippen LogP contribution in [0.1, 0.15) is 41.5 Å². The number of halogens is 1. The fourth-order valence-electron chi connectivity index (χ4n) is 6.40. The Morgan fingerprint density at radius 3 is 2.00 bits per heavy atom. The van der Waals surface area contributed by atoms with Gasteiger partial charge in [0.15, 0.2) is 0 Å². The van der Waals surface area contributed by atoms with Gasteiger partial charge in [0.2, 0.25) is 11.8 Å². The van der Waals surface area contributed by atoms with E-state index in [0.29, 0.717) is 5.69 Å². The molecule has 1 aliphatic heterocycles. The highest BCUT2D eigenvalue weighted by Gasteiger charge is 2.67. The second kappa shape index (κ2) is 6.14. The molecule has 3 aliphatic carbocycles. The molecule has 7 rings (SSSR count). The zero-order valence-electron chi connectivity index (χ0n) is 16.5. The molecule has 148 valence electrons. The van der Waals surface area contributed by atoms with Crippen molar-refractivity contribution >= 4 is 33.4 Å². The number of hydrogen-bond donors (Lipinski definition) is 0. The molecule has 3 nitrogen and oxygen atoms in total. The molecule has 1 heterocycles. The first-order valence-electron chi connectivity index (χ1n) is 10.4. The Hall–Kier alpha value is -2.72. The number of benzene rings is 3. The lowest BCUT2D eigenvalue weighted by Gasteiger charge is -2.54. The maximum Gasteiger partial charge on any atom is 0.239 e. The van der Waals surface area contributed by atoms with Crippen molar-refractivity contribution in [2.75, 3.05) is 4.90 Å². The first-order chi connectivity index (χ1) is 14.6. The standard InChI is InChI=1S/C26H20BrNO2/c1-2-26-17-11-5-3-9-15(17)21(16-10-4-6-12-18(16)26)22-23(26)25(30)28(24(22)29)20-14-8-7-13-19(20)27/h3-14,21-23H,2H2,1H3/t21?,22-,23-,26?/m0/s1. The van der Waals surface area contributed by atoms with E-state index in [9.17, 15) is 9.59 Å². The van der Waals surface area contributed by atoms with Crippen LogP contribution in [0.15, 0.2) is 77.3 Å². The van der Waals surface area contributed by atoms with Gasteiger partial charge in [-0.05, 0) is 56.7 Å². The molecule has 4 aliphatic rings. The summed E-state index contributed by atoms with van der Waals surface area (Å²) in [4.78, 5) is 29.3. The van der Waals surface area contributed by atoms with E-state index in [1.54, 1.807) is 0 Å². The fraction of sp³-hybridized carbons (Fsp3) is 0.231. The predicted molar refractivity (Wildman–Crippen MR) is 119 cm³/mol. The Labute approximate surface area is 183 Å². The van der Waals surface area contributed by atoms with Gasteiger partial charge in [-0.25, -0.2) is 4.90 Å². The third-order valence-corrected chi connectivity index (χ3v) is 8.12. The second-order valence-electron chi connectivity index (χ2n) is 8.44. The summed E-state index contributed by atoms with van der Waals surface area (Å²) in [5.41, 5.74) is 5.00. The molecular weight excluding hydrogens is 438 g/mol. The highest BCUT2D eigenvalue weighted by Crippen LogP contribution is 2.65. The first kappa shape index (κ1) is 18.1. The van der Waals surface area contributed by atoms with Crippen LogP contribution in [0, 0.1) is 11.8 Å². The van der Waals surface area contributed by atoms with Gasteiger partial charge >= 0.3 is 0 Å². The molecule has 1 saturated heterocycles. The summed E-state index contributed by atoms with van der Waals surface area (Å²) in [6.07, 6.45) is 0.776. The number of rotatable bonds is 2. The summed E-state index contributed by atoms with van der Waals surface area (Å²) in [5, 5.41) is 0. The number of carbonyl (C=O) groups excluding carboxylic acids is 2. The summed E-state index contributed by atoms with van der Waals surface area (Å²) in [7, 11) is 0. The molecule has 0 N–H and O–H groups in total. The fourth-order valence-corrected chi connectivity index (χ4v) is 6.86. The van der Waals surface area contributed by atoms with Crippen molar-refractivity contribution in [3.05, 3.63) is 99.5 Å². The number of carbonyl (C=O) groups is 2. The molecule has 0 radical (unpaired) electrons. The molecule has 2 atom stereocenters. The number of para-hydroxylation sites is 1. The van der Waals surface area contributed by atoms with E-state index in [1.165, 1.54) is 27.2 Å². The molecule has 4 heteroatoms. The van der Waals surface area contributed by atoms with E-state index in [0.717, 1.165) is 10.9 Å². The zero-order chi connectivity index (χ0) is 20.6.